The summed E-state index contributed by atoms with van der Waals surface area (Å²) in [5, 5.41) is 3.32. The van der Waals surface area contributed by atoms with Gasteiger partial charge in [0.1, 0.15) is 5.82 Å². The van der Waals surface area contributed by atoms with Crippen molar-refractivity contribution in [1.29, 1.82) is 0 Å². The van der Waals surface area contributed by atoms with Crippen molar-refractivity contribution in [3.05, 3.63) is 35.1 Å². The highest BCUT2D eigenvalue weighted by Gasteiger charge is 2.31. The monoisotopic (exact) mass is 318 g/mol. The van der Waals surface area contributed by atoms with Crippen molar-refractivity contribution in [3.63, 3.8) is 0 Å². The fraction of sp³-hybridized carbons (Fsp3) is 0.625. The van der Waals surface area contributed by atoms with Crippen molar-refractivity contribution in [3.8, 4) is 0 Å². The number of halogens is 4. The maximum atomic E-state index is 13.4. The van der Waals surface area contributed by atoms with E-state index in [1.807, 2.05) is 0 Å². The van der Waals surface area contributed by atoms with Gasteiger partial charge in [-0.25, -0.2) is 4.39 Å². The van der Waals surface area contributed by atoms with Crippen LogP contribution in [0.3, 0.4) is 0 Å². The summed E-state index contributed by atoms with van der Waals surface area (Å²) in [5.41, 5.74) is -0.526. The molecule has 0 radical (unpaired) electrons. The Balaban J connectivity index is 1.93. The first-order valence-electron chi connectivity index (χ1n) is 7.68. The normalized spacial score (nSPS) is 17.9. The summed E-state index contributed by atoms with van der Waals surface area (Å²) in [6.07, 6.45) is -2.46. The van der Waals surface area contributed by atoms with E-state index in [1.165, 1.54) is 6.07 Å². The highest BCUT2D eigenvalue weighted by Crippen LogP contribution is 2.31. The molecule has 0 amide bonds. The van der Waals surface area contributed by atoms with Gasteiger partial charge >= 0.3 is 6.18 Å². The van der Waals surface area contributed by atoms with Crippen LogP contribution in [-0.4, -0.2) is 31.1 Å². The molecule has 1 saturated heterocycles. The predicted molar refractivity (Wildman–Crippen MR) is 77.9 cm³/mol. The van der Waals surface area contributed by atoms with Gasteiger partial charge in [-0.3, -0.25) is 4.90 Å². The smallest absolute Gasteiger partial charge is 0.317 e. The van der Waals surface area contributed by atoms with Gasteiger partial charge < -0.3 is 5.32 Å². The summed E-state index contributed by atoms with van der Waals surface area (Å²) < 4.78 is 51.5. The number of likely N-dealkylation sites (tertiary alicyclic amines) is 1. The lowest BCUT2D eigenvalue weighted by molar-refractivity contribution is -0.137. The van der Waals surface area contributed by atoms with Crippen LogP contribution in [0.1, 0.15) is 30.9 Å². The fourth-order valence-electron chi connectivity index (χ4n) is 2.86. The molecule has 1 aromatic rings. The van der Waals surface area contributed by atoms with Gasteiger partial charge in [0, 0.05) is 6.54 Å². The minimum Gasteiger partial charge on any atom is -0.317 e. The molecule has 2 nitrogen and oxygen atoms in total. The molecule has 22 heavy (non-hydrogen) atoms. The van der Waals surface area contributed by atoms with E-state index in [9.17, 15) is 17.6 Å². The number of piperidine rings is 1. The topological polar surface area (TPSA) is 15.3 Å². The molecule has 1 heterocycles. The molecule has 0 spiro atoms. The van der Waals surface area contributed by atoms with Crippen molar-refractivity contribution in [2.24, 2.45) is 5.92 Å². The Morgan fingerprint density at radius 2 is 1.86 bits per heavy atom. The Kier molecular flexibility index (Phi) is 5.81. The largest absolute Gasteiger partial charge is 0.416 e. The third-order valence-corrected chi connectivity index (χ3v) is 4.08. The van der Waals surface area contributed by atoms with Gasteiger partial charge in [0.05, 0.1) is 5.56 Å². The maximum absolute atomic E-state index is 13.4. The van der Waals surface area contributed by atoms with Crippen LogP contribution in [0.25, 0.3) is 0 Å². The second-order valence-corrected chi connectivity index (χ2v) is 5.87. The first-order chi connectivity index (χ1) is 10.4. The molecule has 0 unspecified atom stereocenters. The minimum atomic E-state index is -4.50. The van der Waals surface area contributed by atoms with Crippen LogP contribution in [0.2, 0.25) is 0 Å². The number of nitrogens with zero attached hydrogens (tertiary/aromatic N) is 1. The van der Waals surface area contributed by atoms with Crippen molar-refractivity contribution < 1.29 is 17.6 Å². The van der Waals surface area contributed by atoms with Crippen molar-refractivity contribution in [2.45, 2.75) is 32.5 Å². The van der Waals surface area contributed by atoms with Gasteiger partial charge in [-0.1, -0.05) is 6.92 Å². The van der Waals surface area contributed by atoms with Gasteiger partial charge in [0.25, 0.3) is 0 Å². The molecule has 0 atom stereocenters. The zero-order valence-corrected chi connectivity index (χ0v) is 12.7. The first-order valence-corrected chi connectivity index (χ1v) is 7.68. The Hall–Kier alpha value is -1.14. The summed E-state index contributed by atoms with van der Waals surface area (Å²) >= 11 is 0. The predicted octanol–water partition coefficient (Wildman–Crippen LogP) is 3.67. The summed E-state index contributed by atoms with van der Waals surface area (Å²) in [7, 11) is 0. The summed E-state index contributed by atoms with van der Waals surface area (Å²) in [6.45, 7) is 6.06. The quantitative estimate of drug-likeness (QED) is 0.834. The summed E-state index contributed by atoms with van der Waals surface area (Å²) in [4.78, 5) is 2.09. The number of hydrogen-bond donors (Lipinski definition) is 1. The third kappa shape index (κ3) is 4.95. The second kappa shape index (κ2) is 7.42. The van der Waals surface area contributed by atoms with Gasteiger partial charge in [0.15, 0.2) is 0 Å². The van der Waals surface area contributed by atoms with Crippen LogP contribution < -0.4 is 5.32 Å². The maximum Gasteiger partial charge on any atom is 0.416 e. The lowest BCUT2D eigenvalue weighted by Crippen LogP contribution is -2.36. The number of rotatable bonds is 5. The van der Waals surface area contributed by atoms with Crippen LogP contribution in [0, 0.1) is 11.7 Å². The number of hydrogen-bond acceptors (Lipinski definition) is 2. The second-order valence-electron chi connectivity index (χ2n) is 5.87. The molecular weight excluding hydrogens is 296 g/mol. The van der Waals surface area contributed by atoms with E-state index in [2.05, 4.69) is 17.1 Å². The van der Waals surface area contributed by atoms with E-state index < -0.39 is 17.6 Å². The van der Waals surface area contributed by atoms with Gasteiger partial charge in [-0.05, 0) is 68.7 Å². The van der Waals surface area contributed by atoms with E-state index in [0.717, 1.165) is 45.1 Å². The molecule has 0 aliphatic carbocycles. The Bertz CT molecular complexity index is 480. The van der Waals surface area contributed by atoms with Crippen LogP contribution in [0.5, 0.6) is 0 Å². The average Bonchev–Trinajstić information content (AvgIpc) is 2.45. The van der Waals surface area contributed by atoms with Crippen LogP contribution >= 0.6 is 0 Å². The molecule has 124 valence electrons. The van der Waals surface area contributed by atoms with Crippen molar-refractivity contribution >= 4 is 0 Å². The molecule has 0 saturated carbocycles. The molecule has 1 fully saturated rings. The molecule has 6 heteroatoms. The van der Waals surface area contributed by atoms with E-state index in [1.54, 1.807) is 0 Å². The molecule has 1 aromatic carbocycles. The molecule has 0 bridgehead atoms. The third-order valence-electron chi connectivity index (χ3n) is 4.08. The SMILES string of the molecule is CCNCC1CCN(Cc2cc(F)cc(C(F)(F)F)c2)CC1. The fourth-order valence-corrected chi connectivity index (χ4v) is 2.86. The molecule has 1 N–H and O–H groups in total. The van der Waals surface area contributed by atoms with Gasteiger partial charge in [0.2, 0.25) is 0 Å². The van der Waals surface area contributed by atoms with Crippen molar-refractivity contribution in [2.75, 3.05) is 26.2 Å². The zero-order valence-electron chi connectivity index (χ0n) is 12.7. The highest BCUT2D eigenvalue weighted by atomic mass is 19.4. The number of nitrogens with one attached hydrogen (secondary N) is 1. The highest BCUT2D eigenvalue weighted by molar-refractivity contribution is 5.26. The van der Waals surface area contributed by atoms with Gasteiger partial charge in [-0.2, -0.15) is 13.2 Å². The molecule has 2 rings (SSSR count). The van der Waals surface area contributed by atoms with E-state index in [0.29, 0.717) is 24.1 Å². The molecule has 0 aromatic heterocycles. The van der Waals surface area contributed by atoms with E-state index in [4.69, 9.17) is 0 Å². The van der Waals surface area contributed by atoms with Crippen LogP contribution in [0.15, 0.2) is 18.2 Å². The minimum absolute atomic E-state index is 0.370. The Morgan fingerprint density at radius 3 is 2.45 bits per heavy atom. The van der Waals surface area contributed by atoms with Crippen LogP contribution in [0.4, 0.5) is 17.6 Å². The van der Waals surface area contributed by atoms with Gasteiger partial charge in [-0.15, -0.1) is 0 Å². The summed E-state index contributed by atoms with van der Waals surface area (Å²) in [6, 6.07) is 2.79. The van der Waals surface area contributed by atoms with E-state index >= 15 is 0 Å². The lowest BCUT2D eigenvalue weighted by atomic mass is 9.96. The molecule has 1 aliphatic rings. The van der Waals surface area contributed by atoms with Crippen LogP contribution in [-0.2, 0) is 12.7 Å². The van der Waals surface area contributed by atoms with Crippen molar-refractivity contribution in [1.82, 2.24) is 10.2 Å². The number of benzene rings is 1. The zero-order chi connectivity index (χ0) is 16.2. The Labute approximate surface area is 128 Å². The lowest BCUT2D eigenvalue weighted by Gasteiger charge is -2.32. The Morgan fingerprint density at radius 1 is 1.18 bits per heavy atom. The van der Waals surface area contributed by atoms with E-state index in [-0.39, 0.29) is 0 Å². The standard InChI is InChI=1S/C16H22F4N2/c1-2-21-10-12-3-5-22(6-4-12)11-13-7-14(16(18,19)20)9-15(17)8-13/h7-9,12,21H,2-6,10-11H2,1H3. The molecule has 1 aliphatic heterocycles. The first kappa shape index (κ1) is 17.2. The average molecular weight is 318 g/mol. The summed E-state index contributed by atoms with van der Waals surface area (Å²) in [5.74, 6) is -0.207. The molecular formula is C16H22F4N2. The number of alkyl halides is 3.